The predicted octanol–water partition coefficient (Wildman–Crippen LogP) is 3.67. The summed E-state index contributed by atoms with van der Waals surface area (Å²) in [5.74, 6) is 0.454. The molecule has 0 radical (unpaired) electrons. The molecule has 0 unspecified atom stereocenters. The largest absolute Gasteiger partial charge is 0.494 e. The zero-order valence-corrected chi connectivity index (χ0v) is 12.1. The highest BCUT2D eigenvalue weighted by Crippen LogP contribution is 2.21. The first-order valence-corrected chi connectivity index (χ1v) is 6.78. The number of ether oxygens (including phenoxy) is 2. The first kappa shape index (κ1) is 14.9. The highest BCUT2D eigenvalue weighted by Gasteiger charge is 2.07. The molecule has 0 heterocycles. The van der Waals surface area contributed by atoms with Gasteiger partial charge in [0.15, 0.2) is 0 Å². The maximum atomic E-state index is 11.0. The summed E-state index contributed by atoms with van der Waals surface area (Å²) in [6, 6.07) is 12.5. The first-order chi connectivity index (χ1) is 10.1. The van der Waals surface area contributed by atoms with Crippen molar-refractivity contribution in [1.82, 2.24) is 0 Å². The first-order valence-electron chi connectivity index (χ1n) is 6.78. The molecule has 0 aliphatic carbocycles. The molecule has 0 atom stereocenters. The third-order valence-corrected chi connectivity index (χ3v) is 3.06. The van der Waals surface area contributed by atoms with Crippen LogP contribution in [-0.4, -0.2) is 17.7 Å². The Balaban J connectivity index is 2.05. The van der Waals surface area contributed by atoms with Crippen molar-refractivity contribution < 1.29 is 19.4 Å². The van der Waals surface area contributed by atoms with Gasteiger partial charge in [-0.15, -0.1) is 0 Å². The number of rotatable bonds is 6. The smallest absolute Gasteiger partial charge is 0.335 e. The number of hydrogen-bond donors (Lipinski definition) is 1. The molecule has 0 aliphatic heterocycles. The van der Waals surface area contributed by atoms with Crippen molar-refractivity contribution in [1.29, 1.82) is 0 Å². The quantitative estimate of drug-likeness (QED) is 0.880. The van der Waals surface area contributed by atoms with Crippen LogP contribution in [-0.2, 0) is 6.61 Å². The Morgan fingerprint density at radius 2 is 1.81 bits per heavy atom. The van der Waals surface area contributed by atoms with Crippen LogP contribution in [0.25, 0.3) is 0 Å². The van der Waals surface area contributed by atoms with E-state index in [9.17, 15) is 4.79 Å². The SMILES string of the molecule is CCOc1ccc(COc2cc(C(=O)O)ccc2C)cc1. The van der Waals surface area contributed by atoms with Crippen molar-refractivity contribution in [2.45, 2.75) is 20.5 Å². The van der Waals surface area contributed by atoms with Gasteiger partial charge in [0.2, 0.25) is 0 Å². The summed E-state index contributed by atoms with van der Waals surface area (Å²) in [4.78, 5) is 11.0. The fourth-order valence-electron chi connectivity index (χ4n) is 1.90. The topological polar surface area (TPSA) is 55.8 Å². The van der Waals surface area contributed by atoms with E-state index < -0.39 is 5.97 Å². The molecule has 0 fully saturated rings. The van der Waals surface area contributed by atoms with Crippen LogP contribution in [0.5, 0.6) is 11.5 Å². The van der Waals surface area contributed by atoms with E-state index in [0.29, 0.717) is 19.0 Å². The van der Waals surface area contributed by atoms with Crippen LogP contribution < -0.4 is 9.47 Å². The van der Waals surface area contributed by atoms with Crippen molar-refractivity contribution in [2.24, 2.45) is 0 Å². The van der Waals surface area contributed by atoms with Gasteiger partial charge in [-0.1, -0.05) is 18.2 Å². The number of benzene rings is 2. The van der Waals surface area contributed by atoms with Crippen molar-refractivity contribution in [3.8, 4) is 11.5 Å². The maximum absolute atomic E-state index is 11.0. The molecule has 0 aliphatic rings. The maximum Gasteiger partial charge on any atom is 0.335 e. The summed E-state index contributed by atoms with van der Waals surface area (Å²) >= 11 is 0. The van der Waals surface area contributed by atoms with Gasteiger partial charge in [0.05, 0.1) is 12.2 Å². The number of aromatic carboxylic acids is 1. The van der Waals surface area contributed by atoms with Gasteiger partial charge in [0.25, 0.3) is 0 Å². The summed E-state index contributed by atoms with van der Waals surface area (Å²) in [7, 11) is 0. The normalized spacial score (nSPS) is 10.2. The highest BCUT2D eigenvalue weighted by atomic mass is 16.5. The van der Waals surface area contributed by atoms with E-state index in [1.54, 1.807) is 18.2 Å². The number of aryl methyl sites for hydroxylation is 1. The second-order valence-electron chi connectivity index (χ2n) is 4.65. The van der Waals surface area contributed by atoms with Gasteiger partial charge in [0, 0.05) is 0 Å². The molecule has 0 saturated carbocycles. The molecular formula is C17H18O4. The number of carbonyl (C=O) groups is 1. The highest BCUT2D eigenvalue weighted by molar-refractivity contribution is 5.88. The van der Waals surface area contributed by atoms with Gasteiger partial charge in [-0.05, 0) is 49.2 Å². The van der Waals surface area contributed by atoms with E-state index in [-0.39, 0.29) is 5.56 Å². The van der Waals surface area contributed by atoms with Crippen molar-refractivity contribution in [3.63, 3.8) is 0 Å². The van der Waals surface area contributed by atoms with E-state index in [4.69, 9.17) is 14.6 Å². The molecular weight excluding hydrogens is 268 g/mol. The zero-order valence-electron chi connectivity index (χ0n) is 12.1. The molecule has 0 spiro atoms. The molecule has 21 heavy (non-hydrogen) atoms. The molecule has 0 aromatic heterocycles. The monoisotopic (exact) mass is 286 g/mol. The van der Waals surface area contributed by atoms with E-state index in [0.717, 1.165) is 16.9 Å². The van der Waals surface area contributed by atoms with Gasteiger partial charge in [-0.25, -0.2) is 4.79 Å². The van der Waals surface area contributed by atoms with Crippen molar-refractivity contribution >= 4 is 5.97 Å². The summed E-state index contributed by atoms with van der Waals surface area (Å²) in [6.45, 7) is 4.85. The Morgan fingerprint density at radius 1 is 1.10 bits per heavy atom. The standard InChI is InChI=1S/C17H18O4/c1-3-20-15-8-5-13(6-9-15)11-21-16-10-14(17(18)19)7-4-12(16)2/h4-10H,3,11H2,1-2H3,(H,18,19). The van der Waals surface area contributed by atoms with E-state index >= 15 is 0 Å². The van der Waals surface area contributed by atoms with Crippen LogP contribution in [0.3, 0.4) is 0 Å². The number of carboxylic acid groups (broad SMARTS) is 1. The van der Waals surface area contributed by atoms with Gasteiger partial charge < -0.3 is 14.6 Å². The average molecular weight is 286 g/mol. The van der Waals surface area contributed by atoms with Crippen LogP contribution >= 0.6 is 0 Å². The molecule has 1 N–H and O–H groups in total. The minimum atomic E-state index is -0.957. The Hall–Kier alpha value is -2.49. The summed E-state index contributed by atoms with van der Waals surface area (Å²) < 4.78 is 11.1. The lowest BCUT2D eigenvalue weighted by atomic mass is 10.1. The van der Waals surface area contributed by atoms with E-state index in [1.165, 1.54) is 0 Å². The third kappa shape index (κ3) is 3.99. The lowest BCUT2D eigenvalue weighted by Crippen LogP contribution is -2.01. The van der Waals surface area contributed by atoms with Gasteiger partial charge >= 0.3 is 5.97 Å². The summed E-state index contributed by atoms with van der Waals surface area (Å²) in [6.07, 6.45) is 0. The molecule has 0 saturated heterocycles. The van der Waals surface area contributed by atoms with Crippen LogP contribution in [0.2, 0.25) is 0 Å². The molecule has 110 valence electrons. The number of hydrogen-bond acceptors (Lipinski definition) is 3. The molecule has 0 bridgehead atoms. The Labute approximate surface area is 123 Å². The molecule has 2 aromatic carbocycles. The molecule has 2 aromatic rings. The minimum Gasteiger partial charge on any atom is -0.494 e. The average Bonchev–Trinajstić information content (AvgIpc) is 2.48. The molecule has 2 rings (SSSR count). The lowest BCUT2D eigenvalue weighted by Gasteiger charge is -2.10. The van der Waals surface area contributed by atoms with Gasteiger partial charge in [-0.2, -0.15) is 0 Å². The zero-order chi connectivity index (χ0) is 15.2. The van der Waals surface area contributed by atoms with Crippen LogP contribution in [0.15, 0.2) is 42.5 Å². The second-order valence-corrected chi connectivity index (χ2v) is 4.65. The lowest BCUT2D eigenvalue weighted by molar-refractivity contribution is 0.0696. The molecule has 4 heteroatoms. The van der Waals surface area contributed by atoms with Crippen molar-refractivity contribution in [3.05, 3.63) is 59.2 Å². The van der Waals surface area contributed by atoms with Crippen LogP contribution in [0.1, 0.15) is 28.4 Å². The summed E-state index contributed by atoms with van der Waals surface area (Å²) in [5.41, 5.74) is 2.13. The van der Waals surface area contributed by atoms with E-state index in [2.05, 4.69) is 0 Å². The predicted molar refractivity (Wildman–Crippen MR) is 80.1 cm³/mol. The van der Waals surface area contributed by atoms with Gasteiger partial charge in [-0.3, -0.25) is 0 Å². The second kappa shape index (κ2) is 6.79. The Morgan fingerprint density at radius 3 is 2.43 bits per heavy atom. The molecule has 4 nitrogen and oxygen atoms in total. The Bertz CT molecular complexity index is 617. The third-order valence-electron chi connectivity index (χ3n) is 3.06. The Kier molecular flexibility index (Phi) is 4.82. The molecule has 0 amide bonds. The van der Waals surface area contributed by atoms with E-state index in [1.807, 2.05) is 38.1 Å². The van der Waals surface area contributed by atoms with Crippen LogP contribution in [0, 0.1) is 6.92 Å². The van der Waals surface area contributed by atoms with Crippen molar-refractivity contribution in [2.75, 3.05) is 6.61 Å². The minimum absolute atomic E-state index is 0.224. The fourth-order valence-corrected chi connectivity index (χ4v) is 1.90. The number of carboxylic acids is 1. The summed E-state index contributed by atoms with van der Waals surface area (Å²) in [5, 5.41) is 9.00. The van der Waals surface area contributed by atoms with Gasteiger partial charge in [0.1, 0.15) is 18.1 Å². The van der Waals surface area contributed by atoms with Crippen LogP contribution in [0.4, 0.5) is 0 Å². The fraction of sp³-hybridized carbons (Fsp3) is 0.235.